The number of hydrogen-bond acceptors (Lipinski definition) is 2. The zero-order valence-corrected chi connectivity index (χ0v) is 4.31. The molecule has 0 aliphatic carbocycles. The molecule has 8 heavy (non-hydrogen) atoms. The Hall–Kier alpha value is -1.32. The second kappa shape index (κ2) is 1.65. The SMILES string of the molecule is Nc1cc(N)[nH+]c[nH+]1. The highest BCUT2D eigenvalue weighted by Gasteiger charge is 1.96. The highest BCUT2D eigenvalue weighted by Crippen LogP contribution is 1.88. The van der Waals surface area contributed by atoms with Gasteiger partial charge < -0.3 is 5.73 Å². The van der Waals surface area contributed by atoms with Crippen LogP contribution in [0.2, 0.25) is 0 Å². The van der Waals surface area contributed by atoms with Crippen molar-refractivity contribution < 1.29 is 9.97 Å². The molecular weight excluding hydrogens is 104 g/mol. The predicted molar refractivity (Wildman–Crippen MR) is 28.4 cm³/mol. The van der Waals surface area contributed by atoms with E-state index in [9.17, 15) is 0 Å². The molecule has 0 saturated heterocycles. The standard InChI is InChI=1S/C4H6N4/c5-3-1-4(6)8-2-7-3/h1-2H,(H4,5,6,7,8)/p+2. The normalized spacial score (nSPS) is 9.00. The lowest BCUT2D eigenvalue weighted by Crippen LogP contribution is -2.21. The summed E-state index contributed by atoms with van der Waals surface area (Å²) in [6.07, 6.45) is 1.57. The van der Waals surface area contributed by atoms with E-state index in [1.54, 1.807) is 12.4 Å². The van der Waals surface area contributed by atoms with E-state index in [0.717, 1.165) is 0 Å². The maximum absolute atomic E-state index is 5.30. The van der Waals surface area contributed by atoms with Crippen LogP contribution in [0.1, 0.15) is 0 Å². The fourth-order valence-corrected chi connectivity index (χ4v) is 0.454. The maximum atomic E-state index is 5.30. The zero-order chi connectivity index (χ0) is 5.98. The van der Waals surface area contributed by atoms with Crippen LogP contribution in [0.4, 0.5) is 11.6 Å². The third-order valence-electron chi connectivity index (χ3n) is 0.789. The van der Waals surface area contributed by atoms with Gasteiger partial charge in [0.1, 0.15) is 6.07 Å². The van der Waals surface area contributed by atoms with Crippen LogP contribution < -0.4 is 21.4 Å². The molecule has 0 bridgehead atoms. The highest BCUT2D eigenvalue weighted by atomic mass is 14.9. The van der Waals surface area contributed by atoms with Gasteiger partial charge in [-0.1, -0.05) is 0 Å². The summed E-state index contributed by atoms with van der Waals surface area (Å²) in [5.41, 5.74) is 10.6. The maximum Gasteiger partial charge on any atom is 0.335 e. The molecule has 1 heterocycles. The van der Waals surface area contributed by atoms with Gasteiger partial charge in [-0.3, -0.25) is 5.73 Å². The number of nitrogens with two attached hydrogens (primary N) is 2. The molecule has 4 heteroatoms. The molecule has 1 aromatic rings. The number of H-pyrrole nitrogens is 2. The minimum Gasteiger partial charge on any atom is -0.359 e. The summed E-state index contributed by atoms with van der Waals surface area (Å²) in [6.45, 7) is 0. The first-order chi connectivity index (χ1) is 3.79. The van der Waals surface area contributed by atoms with Crippen LogP contribution in [0.15, 0.2) is 12.4 Å². The molecule has 6 N–H and O–H groups in total. The number of aromatic amines is 2. The first-order valence-electron chi connectivity index (χ1n) is 2.23. The lowest BCUT2D eigenvalue weighted by atomic mass is 10.5. The Morgan fingerprint density at radius 2 is 1.62 bits per heavy atom. The average molecular weight is 112 g/mol. The first kappa shape index (κ1) is 4.83. The molecule has 1 rings (SSSR count). The van der Waals surface area contributed by atoms with Gasteiger partial charge in [-0.05, 0) is 0 Å². The Morgan fingerprint density at radius 3 is 1.88 bits per heavy atom. The Bertz CT molecular complexity index is 168. The van der Waals surface area contributed by atoms with E-state index in [4.69, 9.17) is 11.5 Å². The van der Waals surface area contributed by atoms with Crippen molar-refractivity contribution >= 4 is 11.6 Å². The van der Waals surface area contributed by atoms with Gasteiger partial charge in [-0.15, -0.1) is 0 Å². The molecule has 0 atom stereocenters. The van der Waals surface area contributed by atoms with Crippen molar-refractivity contribution in [3.63, 3.8) is 0 Å². The molecule has 0 spiro atoms. The predicted octanol–water partition coefficient (Wildman–Crippen LogP) is -1.52. The molecule has 0 amide bonds. The van der Waals surface area contributed by atoms with Crippen molar-refractivity contribution in [2.24, 2.45) is 0 Å². The van der Waals surface area contributed by atoms with Gasteiger partial charge in [0.05, 0.1) is 0 Å². The molecule has 0 fully saturated rings. The van der Waals surface area contributed by atoms with Gasteiger partial charge in [-0.2, -0.15) is 4.98 Å². The molecule has 0 radical (unpaired) electrons. The summed E-state index contributed by atoms with van der Waals surface area (Å²) in [7, 11) is 0. The van der Waals surface area contributed by atoms with Crippen molar-refractivity contribution in [1.82, 2.24) is 0 Å². The third-order valence-corrected chi connectivity index (χ3v) is 0.789. The van der Waals surface area contributed by atoms with Gasteiger partial charge in [0.2, 0.25) is 5.82 Å². The van der Waals surface area contributed by atoms with Gasteiger partial charge in [0.25, 0.3) is 6.33 Å². The van der Waals surface area contributed by atoms with Crippen molar-refractivity contribution in [2.75, 3.05) is 11.5 Å². The minimum atomic E-state index is 0.557. The van der Waals surface area contributed by atoms with Gasteiger partial charge >= 0.3 is 5.82 Å². The number of rotatable bonds is 0. The van der Waals surface area contributed by atoms with Crippen LogP contribution >= 0.6 is 0 Å². The fraction of sp³-hybridized carbons (Fsp3) is 0. The lowest BCUT2D eigenvalue weighted by molar-refractivity contribution is -0.513. The van der Waals surface area contributed by atoms with Crippen LogP contribution in [-0.4, -0.2) is 0 Å². The second-order valence-electron chi connectivity index (χ2n) is 1.49. The molecular formula is C4H8N4+2. The van der Waals surface area contributed by atoms with E-state index in [1.807, 2.05) is 0 Å². The second-order valence-corrected chi connectivity index (χ2v) is 1.49. The highest BCUT2D eigenvalue weighted by molar-refractivity contribution is 5.30. The van der Waals surface area contributed by atoms with Crippen molar-refractivity contribution in [3.8, 4) is 0 Å². The van der Waals surface area contributed by atoms with Gasteiger partial charge in [-0.25, -0.2) is 4.98 Å². The fourth-order valence-electron chi connectivity index (χ4n) is 0.454. The summed E-state index contributed by atoms with van der Waals surface area (Å²) in [6, 6.07) is 1.61. The quantitative estimate of drug-likeness (QED) is 0.427. The number of aromatic nitrogens is 2. The summed E-state index contributed by atoms with van der Waals surface area (Å²) in [5, 5.41) is 0. The van der Waals surface area contributed by atoms with Crippen LogP contribution in [0, 0.1) is 0 Å². The number of anilines is 2. The number of nitrogen functional groups attached to an aromatic ring is 2. The molecule has 0 unspecified atom stereocenters. The molecule has 0 aromatic carbocycles. The van der Waals surface area contributed by atoms with Crippen LogP contribution in [0.25, 0.3) is 0 Å². The summed E-state index contributed by atoms with van der Waals surface area (Å²) < 4.78 is 0. The van der Waals surface area contributed by atoms with Crippen molar-refractivity contribution in [2.45, 2.75) is 0 Å². The summed E-state index contributed by atoms with van der Waals surface area (Å²) in [4.78, 5) is 5.43. The topological polar surface area (TPSA) is 80.3 Å². The smallest absolute Gasteiger partial charge is 0.335 e. The van der Waals surface area contributed by atoms with Crippen molar-refractivity contribution in [3.05, 3.63) is 12.4 Å². The third kappa shape index (κ3) is 0.841. The Balaban J connectivity index is 3.08. The Labute approximate surface area is 46.6 Å². The molecule has 42 valence electrons. The summed E-state index contributed by atoms with van der Waals surface area (Å²) >= 11 is 0. The molecule has 0 saturated carbocycles. The van der Waals surface area contributed by atoms with Crippen LogP contribution in [0.3, 0.4) is 0 Å². The van der Waals surface area contributed by atoms with E-state index in [2.05, 4.69) is 9.97 Å². The van der Waals surface area contributed by atoms with Crippen LogP contribution in [0.5, 0.6) is 0 Å². The van der Waals surface area contributed by atoms with E-state index < -0.39 is 0 Å². The van der Waals surface area contributed by atoms with E-state index in [1.165, 1.54) is 0 Å². The monoisotopic (exact) mass is 112 g/mol. The average Bonchev–Trinajstić information content (AvgIpc) is 1.64. The molecule has 0 aliphatic rings. The number of hydrogen-bond donors (Lipinski definition) is 2. The zero-order valence-electron chi connectivity index (χ0n) is 4.31. The molecule has 4 nitrogen and oxygen atoms in total. The minimum absolute atomic E-state index is 0.557. The number of nitrogens with one attached hydrogen (secondary N) is 2. The Kier molecular flexibility index (Phi) is 0.997. The largest absolute Gasteiger partial charge is 0.359 e. The first-order valence-corrected chi connectivity index (χ1v) is 2.23. The molecule has 0 aliphatic heterocycles. The molecule has 1 aromatic heterocycles. The lowest BCUT2D eigenvalue weighted by Gasteiger charge is -1.79. The summed E-state index contributed by atoms with van der Waals surface area (Å²) in [5.74, 6) is 1.11. The van der Waals surface area contributed by atoms with Gasteiger partial charge in [0.15, 0.2) is 0 Å². The van der Waals surface area contributed by atoms with E-state index in [0.29, 0.717) is 11.6 Å². The van der Waals surface area contributed by atoms with E-state index in [-0.39, 0.29) is 0 Å². The van der Waals surface area contributed by atoms with E-state index >= 15 is 0 Å². The van der Waals surface area contributed by atoms with Crippen molar-refractivity contribution in [1.29, 1.82) is 0 Å². The Morgan fingerprint density at radius 1 is 1.12 bits per heavy atom. The van der Waals surface area contributed by atoms with Crippen LogP contribution in [-0.2, 0) is 0 Å². The van der Waals surface area contributed by atoms with Gasteiger partial charge in [0, 0.05) is 0 Å².